The number of benzene rings is 1. The van der Waals surface area contributed by atoms with E-state index in [0.29, 0.717) is 34.8 Å². The van der Waals surface area contributed by atoms with Gasteiger partial charge in [-0.15, -0.1) is 0 Å². The molecule has 24 heavy (non-hydrogen) atoms. The van der Waals surface area contributed by atoms with Crippen LogP contribution in [0.1, 0.15) is 21.6 Å². The van der Waals surface area contributed by atoms with Crippen LogP contribution in [-0.4, -0.2) is 22.6 Å². The van der Waals surface area contributed by atoms with Crippen molar-refractivity contribution in [2.75, 3.05) is 11.9 Å². The summed E-state index contributed by atoms with van der Waals surface area (Å²) in [6.07, 6.45) is 2.19. The molecular formula is C19H18N2O3. The zero-order valence-corrected chi connectivity index (χ0v) is 13.3. The zero-order chi connectivity index (χ0) is 16.9. The van der Waals surface area contributed by atoms with Gasteiger partial charge in [0.1, 0.15) is 5.69 Å². The van der Waals surface area contributed by atoms with Gasteiger partial charge in [0.15, 0.2) is 5.76 Å². The van der Waals surface area contributed by atoms with Crippen molar-refractivity contribution in [3.05, 3.63) is 71.6 Å². The lowest BCUT2D eigenvalue weighted by Crippen LogP contribution is -2.14. The van der Waals surface area contributed by atoms with Crippen LogP contribution in [0.15, 0.2) is 59.2 Å². The van der Waals surface area contributed by atoms with Crippen molar-refractivity contribution < 1.29 is 14.3 Å². The normalized spacial score (nSPS) is 10.6. The maximum atomic E-state index is 12.4. The molecule has 1 aromatic carbocycles. The Morgan fingerprint density at radius 2 is 1.96 bits per heavy atom. The van der Waals surface area contributed by atoms with E-state index in [-0.39, 0.29) is 12.5 Å². The topological polar surface area (TPSA) is 75.4 Å². The van der Waals surface area contributed by atoms with Crippen LogP contribution < -0.4 is 5.32 Å². The molecule has 5 heteroatoms. The summed E-state index contributed by atoms with van der Waals surface area (Å²) in [5.41, 5.74) is 3.58. The van der Waals surface area contributed by atoms with Crippen LogP contribution in [0.5, 0.6) is 0 Å². The average Bonchev–Trinajstić information content (AvgIpc) is 3.11. The number of aliphatic hydroxyl groups is 1. The van der Waals surface area contributed by atoms with Gasteiger partial charge in [0.25, 0.3) is 5.91 Å². The smallest absolute Gasteiger partial charge is 0.257 e. The molecule has 0 aliphatic rings. The van der Waals surface area contributed by atoms with Crippen molar-refractivity contribution in [2.45, 2.75) is 13.3 Å². The predicted molar refractivity (Wildman–Crippen MR) is 91.9 cm³/mol. The lowest BCUT2D eigenvalue weighted by Gasteiger charge is -2.09. The van der Waals surface area contributed by atoms with Crippen molar-refractivity contribution in [1.29, 1.82) is 0 Å². The molecule has 3 aromatic rings. The standard InChI is InChI=1S/C19H18N2O3/c1-13-16(8-9-17(20-13)18-3-2-12-24-18)19(23)21-15-6-4-14(5-7-15)10-11-22/h2-9,12,22H,10-11H2,1H3,(H,21,23). The number of hydrogen-bond acceptors (Lipinski definition) is 4. The van der Waals surface area contributed by atoms with E-state index in [2.05, 4.69) is 10.3 Å². The zero-order valence-electron chi connectivity index (χ0n) is 13.3. The molecule has 0 bridgehead atoms. The summed E-state index contributed by atoms with van der Waals surface area (Å²) in [5, 5.41) is 11.8. The molecule has 0 spiro atoms. The highest BCUT2D eigenvalue weighted by atomic mass is 16.3. The van der Waals surface area contributed by atoms with Crippen LogP contribution >= 0.6 is 0 Å². The molecule has 2 heterocycles. The number of hydrogen-bond donors (Lipinski definition) is 2. The Balaban J connectivity index is 1.75. The fraction of sp³-hybridized carbons (Fsp3) is 0.158. The van der Waals surface area contributed by atoms with E-state index >= 15 is 0 Å². The van der Waals surface area contributed by atoms with Gasteiger partial charge < -0.3 is 14.8 Å². The summed E-state index contributed by atoms with van der Waals surface area (Å²) >= 11 is 0. The van der Waals surface area contributed by atoms with Gasteiger partial charge >= 0.3 is 0 Å². The summed E-state index contributed by atoms with van der Waals surface area (Å²) in [5.74, 6) is 0.463. The number of nitrogens with zero attached hydrogens (tertiary/aromatic N) is 1. The molecular weight excluding hydrogens is 304 g/mol. The minimum absolute atomic E-state index is 0.110. The van der Waals surface area contributed by atoms with Gasteiger partial charge in [-0.1, -0.05) is 12.1 Å². The number of furan rings is 1. The van der Waals surface area contributed by atoms with Gasteiger partial charge in [-0.3, -0.25) is 4.79 Å². The van der Waals surface area contributed by atoms with Crippen LogP contribution in [0.4, 0.5) is 5.69 Å². The monoisotopic (exact) mass is 322 g/mol. The summed E-state index contributed by atoms with van der Waals surface area (Å²) < 4.78 is 5.32. The first-order chi connectivity index (χ1) is 11.7. The minimum Gasteiger partial charge on any atom is -0.463 e. The van der Waals surface area contributed by atoms with E-state index in [0.717, 1.165) is 5.56 Å². The summed E-state index contributed by atoms with van der Waals surface area (Å²) in [7, 11) is 0. The number of aliphatic hydroxyl groups excluding tert-OH is 1. The maximum Gasteiger partial charge on any atom is 0.257 e. The largest absolute Gasteiger partial charge is 0.463 e. The number of rotatable bonds is 5. The number of pyridine rings is 1. The molecule has 0 unspecified atom stereocenters. The first-order valence-electron chi connectivity index (χ1n) is 7.70. The Morgan fingerprint density at radius 1 is 1.17 bits per heavy atom. The first-order valence-corrected chi connectivity index (χ1v) is 7.70. The van der Waals surface area contributed by atoms with Crippen molar-refractivity contribution in [3.8, 4) is 11.5 Å². The van der Waals surface area contributed by atoms with E-state index < -0.39 is 0 Å². The first kappa shape index (κ1) is 16.0. The summed E-state index contributed by atoms with van der Waals surface area (Å²) in [4.78, 5) is 16.9. The third-order valence-corrected chi connectivity index (χ3v) is 3.72. The second-order valence-electron chi connectivity index (χ2n) is 5.43. The van der Waals surface area contributed by atoms with Gasteiger partial charge in [-0.05, 0) is 55.3 Å². The molecule has 5 nitrogen and oxygen atoms in total. The molecule has 0 aliphatic heterocycles. The summed E-state index contributed by atoms with van der Waals surface area (Å²) in [6.45, 7) is 1.91. The molecule has 0 saturated heterocycles. The maximum absolute atomic E-state index is 12.4. The van der Waals surface area contributed by atoms with Gasteiger partial charge in [0, 0.05) is 12.3 Å². The number of nitrogens with one attached hydrogen (secondary N) is 1. The molecule has 0 fully saturated rings. The van der Waals surface area contributed by atoms with Gasteiger partial charge in [-0.2, -0.15) is 0 Å². The molecule has 2 N–H and O–H groups in total. The van der Waals surface area contributed by atoms with E-state index in [1.165, 1.54) is 0 Å². The molecule has 0 aliphatic carbocycles. The molecule has 2 aromatic heterocycles. The van der Waals surface area contributed by atoms with E-state index in [9.17, 15) is 4.79 Å². The fourth-order valence-corrected chi connectivity index (χ4v) is 2.44. The van der Waals surface area contributed by atoms with Crippen molar-refractivity contribution in [2.24, 2.45) is 0 Å². The van der Waals surface area contributed by atoms with Crippen LogP contribution in [0.3, 0.4) is 0 Å². The molecule has 0 atom stereocenters. The molecule has 1 amide bonds. The Morgan fingerprint density at radius 3 is 2.58 bits per heavy atom. The highest BCUT2D eigenvalue weighted by molar-refractivity contribution is 6.05. The second-order valence-corrected chi connectivity index (χ2v) is 5.43. The van der Waals surface area contributed by atoms with E-state index in [4.69, 9.17) is 9.52 Å². The SMILES string of the molecule is Cc1nc(-c2ccco2)ccc1C(=O)Nc1ccc(CCO)cc1. The van der Waals surface area contributed by atoms with Crippen molar-refractivity contribution >= 4 is 11.6 Å². The lowest BCUT2D eigenvalue weighted by atomic mass is 10.1. The average molecular weight is 322 g/mol. The number of aromatic nitrogens is 1. The third-order valence-electron chi connectivity index (χ3n) is 3.72. The number of amides is 1. The third kappa shape index (κ3) is 3.52. The quantitative estimate of drug-likeness (QED) is 0.754. The van der Waals surface area contributed by atoms with Gasteiger partial charge in [-0.25, -0.2) is 4.98 Å². The molecule has 122 valence electrons. The van der Waals surface area contributed by atoms with Crippen LogP contribution in [0.25, 0.3) is 11.5 Å². The summed E-state index contributed by atoms with van der Waals surface area (Å²) in [6, 6.07) is 14.6. The van der Waals surface area contributed by atoms with Crippen LogP contribution in [-0.2, 0) is 6.42 Å². The second kappa shape index (κ2) is 7.10. The highest BCUT2D eigenvalue weighted by Gasteiger charge is 2.12. The Labute approximate surface area is 140 Å². The number of carbonyl (C=O) groups excluding carboxylic acids is 1. The molecule has 0 radical (unpaired) electrons. The lowest BCUT2D eigenvalue weighted by molar-refractivity contribution is 0.102. The number of carbonyl (C=O) groups is 1. The van der Waals surface area contributed by atoms with Crippen LogP contribution in [0, 0.1) is 6.92 Å². The molecule has 3 rings (SSSR count). The predicted octanol–water partition coefficient (Wildman–Crippen LogP) is 3.44. The van der Waals surface area contributed by atoms with Crippen LogP contribution in [0.2, 0.25) is 0 Å². The van der Waals surface area contributed by atoms with Crippen molar-refractivity contribution in [1.82, 2.24) is 4.98 Å². The minimum atomic E-state index is -0.207. The molecule has 0 saturated carbocycles. The Hall–Kier alpha value is -2.92. The van der Waals surface area contributed by atoms with E-state index in [1.807, 2.05) is 30.3 Å². The van der Waals surface area contributed by atoms with Crippen molar-refractivity contribution in [3.63, 3.8) is 0 Å². The number of aryl methyl sites for hydroxylation is 1. The van der Waals surface area contributed by atoms with Gasteiger partial charge in [0.05, 0.1) is 17.5 Å². The van der Waals surface area contributed by atoms with E-state index in [1.54, 1.807) is 31.4 Å². The van der Waals surface area contributed by atoms with Gasteiger partial charge in [0.2, 0.25) is 0 Å². The highest BCUT2D eigenvalue weighted by Crippen LogP contribution is 2.20. The Kier molecular flexibility index (Phi) is 4.72. The number of anilines is 1. The Bertz CT molecular complexity index is 824. The fourth-order valence-electron chi connectivity index (χ4n) is 2.44.